The Labute approximate surface area is 174 Å². The maximum Gasteiger partial charge on any atom is 0.330 e. The quantitative estimate of drug-likeness (QED) is 0.243. The van der Waals surface area contributed by atoms with Crippen LogP contribution in [0.1, 0.15) is 52.2 Å². The van der Waals surface area contributed by atoms with E-state index in [0.29, 0.717) is 12.0 Å². The van der Waals surface area contributed by atoms with Crippen LogP contribution >= 0.6 is 0 Å². The van der Waals surface area contributed by atoms with Gasteiger partial charge in [-0.1, -0.05) is 72.8 Å². The molecule has 0 spiro atoms. The zero-order valence-corrected chi connectivity index (χ0v) is 18.0. The van der Waals surface area contributed by atoms with Crippen molar-refractivity contribution in [2.75, 3.05) is 0 Å². The average Bonchev–Trinajstić information content (AvgIpc) is 2.72. The minimum Gasteiger partial charge on any atom is -0.478 e. The number of rotatable bonds is 8. The largest absolute Gasteiger partial charge is 0.478 e. The van der Waals surface area contributed by atoms with Crippen LogP contribution in [0, 0.1) is 0 Å². The highest BCUT2D eigenvalue weighted by atomic mass is 17.2. The van der Waals surface area contributed by atoms with Crippen LogP contribution in [0.25, 0.3) is 0 Å². The summed E-state index contributed by atoms with van der Waals surface area (Å²) in [5, 5.41) is 8.31. The molecule has 1 N–H and O–H groups in total. The van der Waals surface area contributed by atoms with E-state index in [-0.39, 0.29) is 0 Å². The maximum absolute atomic E-state index is 10.1. The molecule has 2 aromatic rings. The smallest absolute Gasteiger partial charge is 0.330 e. The summed E-state index contributed by atoms with van der Waals surface area (Å²) < 4.78 is 0. The fourth-order valence-corrected chi connectivity index (χ4v) is 2.33. The highest BCUT2D eigenvalue weighted by Crippen LogP contribution is 2.31. The number of carboxylic acids is 1. The molecule has 0 amide bonds. The zero-order valence-electron chi connectivity index (χ0n) is 18.0. The summed E-state index contributed by atoms with van der Waals surface area (Å²) >= 11 is 0. The summed E-state index contributed by atoms with van der Waals surface area (Å²) in [6.07, 6.45) is 3.90. The molecule has 0 atom stereocenters. The molecule has 2 aromatic carbocycles. The SMILES string of the molecule is C=CCC=C(C)C(=O)O.CC(C)(OOC(C)(C)c1ccccc1)c1ccccc1. The summed E-state index contributed by atoms with van der Waals surface area (Å²) in [6, 6.07) is 20.2. The van der Waals surface area contributed by atoms with Gasteiger partial charge in [-0.25, -0.2) is 14.6 Å². The fourth-order valence-electron chi connectivity index (χ4n) is 2.33. The highest BCUT2D eigenvalue weighted by Gasteiger charge is 2.29. The molecule has 0 aliphatic rings. The van der Waals surface area contributed by atoms with Crippen LogP contribution in [0.15, 0.2) is 85.0 Å². The Morgan fingerprint density at radius 3 is 1.59 bits per heavy atom. The van der Waals surface area contributed by atoms with Crippen molar-refractivity contribution in [3.05, 3.63) is 96.1 Å². The molecule has 0 saturated heterocycles. The fraction of sp³-hybridized carbons (Fsp3) is 0.320. The van der Waals surface area contributed by atoms with Crippen LogP contribution < -0.4 is 0 Å². The second-order valence-corrected chi connectivity index (χ2v) is 7.64. The van der Waals surface area contributed by atoms with E-state index in [1.807, 2.05) is 88.4 Å². The first-order chi connectivity index (χ1) is 13.6. The Balaban J connectivity index is 0.000000396. The molecule has 0 saturated carbocycles. The van der Waals surface area contributed by atoms with Gasteiger partial charge < -0.3 is 5.11 Å². The summed E-state index contributed by atoms with van der Waals surface area (Å²) in [5.41, 5.74) is 1.56. The van der Waals surface area contributed by atoms with E-state index in [1.54, 1.807) is 19.1 Å². The van der Waals surface area contributed by atoms with Crippen LogP contribution in [0.2, 0.25) is 0 Å². The van der Waals surface area contributed by atoms with E-state index in [0.717, 1.165) is 11.1 Å². The second-order valence-electron chi connectivity index (χ2n) is 7.64. The van der Waals surface area contributed by atoms with Crippen LogP contribution in [0.4, 0.5) is 0 Å². The molecule has 29 heavy (non-hydrogen) atoms. The standard InChI is InChI=1S/C18H22O2.C7H10O2/c1-17(2,15-11-7-5-8-12-15)19-20-18(3,4)16-13-9-6-10-14-16;1-3-4-5-6(2)7(8)9/h5-14H,1-4H3;3,5H,1,4H2,2H3,(H,8,9). The first kappa shape index (κ1) is 24.3. The number of hydrogen-bond donors (Lipinski definition) is 1. The van der Waals surface area contributed by atoms with Gasteiger partial charge in [0.2, 0.25) is 0 Å². The van der Waals surface area contributed by atoms with Crippen LogP contribution in [-0.2, 0) is 25.8 Å². The topological polar surface area (TPSA) is 55.8 Å². The molecule has 0 aromatic heterocycles. The predicted octanol–water partition coefficient (Wildman–Crippen LogP) is 6.40. The summed E-state index contributed by atoms with van der Waals surface area (Å²) in [7, 11) is 0. The third-order valence-electron chi connectivity index (χ3n) is 4.32. The molecule has 2 rings (SSSR count). The van der Waals surface area contributed by atoms with E-state index in [2.05, 4.69) is 6.58 Å². The number of hydrogen-bond acceptors (Lipinski definition) is 3. The van der Waals surface area contributed by atoms with E-state index < -0.39 is 17.2 Å². The van der Waals surface area contributed by atoms with Gasteiger partial charge in [-0.2, -0.15) is 0 Å². The Hall–Kier alpha value is -2.69. The third-order valence-corrected chi connectivity index (χ3v) is 4.32. The van der Waals surface area contributed by atoms with Gasteiger partial charge in [0.05, 0.1) is 0 Å². The van der Waals surface area contributed by atoms with Gasteiger partial charge in [-0.3, -0.25) is 0 Å². The average molecular weight is 397 g/mol. The maximum atomic E-state index is 10.1. The van der Waals surface area contributed by atoms with Crippen LogP contribution in [0.5, 0.6) is 0 Å². The summed E-state index contributed by atoms with van der Waals surface area (Å²) in [4.78, 5) is 21.6. The number of carboxylic acid groups (broad SMARTS) is 1. The zero-order chi connectivity index (χ0) is 21.9. The van der Waals surface area contributed by atoms with Crippen molar-refractivity contribution in [3.8, 4) is 0 Å². The van der Waals surface area contributed by atoms with E-state index in [4.69, 9.17) is 14.9 Å². The van der Waals surface area contributed by atoms with Gasteiger partial charge in [-0.05, 0) is 52.2 Å². The molecular weight excluding hydrogens is 364 g/mol. The normalized spacial score (nSPS) is 12.0. The Kier molecular flexibility index (Phi) is 9.53. The Bertz CT molecular complexity index is 739. The molecule has 0 fully saturated rings. The Morgan fingerprint density at radius 1 is 0.897 bits per heavy atom. The minimum atomic E-state index is -0.864. The monoisotopic (exact) mass is 396 g/mol. The van der Waals surface area contributed by atoms with Crippen LogP contribution in [-0.4, -0.2) is 11.1 Å². The Morgan fingerprint density at radius 2 is 1.28 bits per heavy atom. The lowest BCUT2D eigenvalue weighted by molar-refractivity contribution is -0.410. The van der Waals surface area contributed by atoms with Gasteiger partial charge in [0.25, 0.3) is 0 Å². The lowest BCUT2D eigenvalue weighted by Gasteiger charge is -2.31. The van der Waals surface area contributed by atoms with Crippen LogP contribution in [0.3, 0.4) is 0 Å². The van der Waals surface area contributed by atoms with Crippen molar-refractivity contribution in [2.24, 2.45) is 0 Å². The molecule has 4 heteroatoms. The first-order valence-electron chi connectivity index (χ1n) is 9.59. The third kappa shape index (κ3) is 8.46. The molecule has 0 radical (unpaired) electrons. The molecule has 0 aliphatic heterocycles. The van der Waals surface area contributed by atoms with Gasteiger partial charge in [0, 0.05) is 5.57 Å². The van der Waals surface area contributed by atoms with Crippen molar-refractivity contribution in [1.82, 2.24) is 0 Å². The second kappa shape index (κ2) is 11.3. The number of carbonyl (C=O) groups is 1. The highest BCUT2D eigenvalue weighted by molar-refractivity contribution is 5.85. The lowest BCUT2D eigenvalue weighted by atomic mass is 9.98. The van der Waals surface area contributed by atoms with Gasteiger partial charge in [0.15, 0.2) is 0 Å². The summed E-state index contributed by atoms with van der Waals surface area (Å²) in [5.74, 6) is -0.864. The molecule has 0 aliphatic carbocycles. The number of benzene rings is 2. The van der Waals surface area contributed by atoms with Crippen molar-refractivity contribution in [2.45, 2.75) is 52.2 Å². The van der Waals surface area contributed by atoms with Crippen molar-refractivity contribution < 1.29 is 19.7 Å². The predicted molar refractivity (Wildman–Crippen MR) is 117 cm³/mol. The molecule has 0 unspecified atom stereocenters. The molecular formula is C25H32O4. The summed E-state index contributed by atoms with van der Waals surface area (Å²) in [6.45, 7) is 13.0. The lowest BCUT2D eigenvalue weighted by Crippen LogP contribution is -2.29. The number of allylic oxidation sites excluding steroid dienone is 2. The van der Waals surface area contributed by atoms with E-state index in [1.165, 1.54) is 0 Å². The molecule has 0 heterocycles. The van der Waals surface area contributed by atoms with Crippen molar-refractivity contribution in [1.29, 1.82) is 0 Å². The van der Waals surface area contributed by atoms with Crippen molar-refractivity contribution >= 4 is 5.97 Å². The molecule has 4 nitrogen and oxygen atoms in total. The molecule has 0 bridgehead atoms. The first-order valence-corrected chi connectivity index (χ1v) is 9.59. The van der Waals surface area contributed by atoms with Crippen molar-refractivity contribution in [3.63, 3.8) is 0 Å². The van der Waals surface area contributed by atoms with E-state index >= 15 is 0 Å². The van der Waals surface area contributed by atoms with Gasteiger partial charge in [0.1, 0.15) is 11.2 Å². The molecule has 156 valence electrons. The minimum absolute atomic E-state index is 0.370. The number of aliphatic carboxylic acids is 1. The van der Waals surface area contributed by atoms with Gasteiger partial charge in [-0.15, -0.1) is 6.58 Å². The van der Waals surface area contributed by atoms with Gasteiger partial charge >= 0.3 is 5.97 Å². The van der Waals surface area contributed by atoms with E-state index in [9.17, 15) is 4.79 Å².